The topological polar surface area (TPSA) is 63.7 Å². The molecule has 5 nitrogen and oxygen atoms in total. The molecular formula is C24H27NO4. The Labute approximate surface area is 171 Å². The summed E-state index contributed by atoms with van der Waals surface area (Å²) < 4.78 is 5.43. The van der Waals surface area contributed by atoms with E-state index >= 15 is 0 Å². The molecular weight excluding hydrogens is 366 g/mol. The molecule has 1 aromatic carbocycles. The minimum atomic E-state index is -0.571. The zero-order valence-electron chi connectivity index (χ0n) is 17.1. The number of likely N-dealkylation sites (tertiary alicyclic amines) is 1. The molecule has 29 heavy (non-hydrogen) atoms. The van der Waals surface area contributed by atoms with Crippen molar-refractivity contribution in [2.24, 2.45) is 35.5 Å². The Morgan fingerprint density at radius 2 is 1.59 bits per heavy atom. The largest absolute Gasteiger partial charge is 0.425 e. The number of nitrogens with zero attached hydrogens (tertiary/aromatic N) is 1. The predicted molar refractivity (Wildman–Crippen MR) is 107 cm³/mol. The first-order valence-electron chi connectivity index (χ1n) is 10.7. The normalized spacial score (nSPS) is 34.2. The third-order valence-electron chi connectivity index (χ3n) is 7.79. The van der Waals surface area contributed by atoms with E-state index in [-0.39, 0.29) is 47.4 Å². The summed E-state index contributed by atoms with van der Waals surface area (Å²) in [6.07, 6.45) is 6.40. The smallest absolute Gasteiger partial charge is 0.331 e. The number of hydrogen-bond donors (Lipinski definition) is 0. The minimum Gasteiger partial charge on any atom is -0.425 e. The summed E-state index contributed by atoms with van der Waals surface area (Å²) in [5.41, 5.74) is 1.23. The van der Waals surface area contributed by atoms with Crippen molar-refractivity contribution in [1.29, 1.82) is 0 Å². The average Bonchev–Trinajstić information content (AvgIpc) is 3.49. The molecule has 0 unspecified atom stereocenters. The van der Waals surface area contributed by atoms with E-state index in [1.807, 2.05) is 12.1 Å². The molecule has 4 aliphatic carbocycles. The number of allylic oxidation sites excluding steroid dienone is 2. The van der Waals surface area contributed by atoms with E-state index in [0.717, 1.165) is 17.7 Å². The van der Waals surface area contributed by atoms with Crippen molar-refractivity contribution < 1.29 is 19.1 Å². The second-order valence-corrected chi connectivity index (χ2v) is 9.65. The highest BCUT2D eigenvalue weighted by atomic mass is 16.5. The van der Waals surface area contributed by atoms with Gasteiger partial charge in [-0.25, -0.2) is 4.79 Å². The van der Waals surface area contributed by atoms with Gasteiger partial charge in [0, 0.05) is 0 Å². The SMILES string of the molecule is CCC(C)(C)c1ccc(OC(=O)CN2C(=O)[C@@H]3[C@@H]4C=C[C@H]([C@H]5C[C@@H]45)[C@@H]3C2=O)cc1. The van der Waals surface area contributed by atoms with Gasteiger partial charge < -0.3 is 4.74 Å². The zero-order chi connectivity index (χ0) is 20.5. The third kappa shape index (κ3) is 2.77. The molecule has 1 aromatic rings. The van der Waals surface area contributed by atoms with Gasteiger partial charge in [0.05, 0.1) is 11.8 Å². The summed E-state index contributed by atoms with van der Waals surface area (Å²) in [7, 11) is 0. The molecule has 0 spiro atoms. The first-order valence-corrected chi connectivity index (χ1v) is 10.7. The van der Waals surface area contributed by atoms with Crippen molar-refractivity contribution in [2.45, 2.75) is 39.0 Å². The van der Waals surface area contributed by atoms with Crippen LogP contribution in [0.25, 0.3) is 0 Å². The maximum Gasteiger partial charge on any atom is 0.331 e. The number of ether oxygens (including phenoxy) is 1. The fourth-order valence-electron chi connectivity index (χ4n) is 5.65. The van der Waals surface area contributed by atoms with Crippen LogP contribution in [0.3, 0.4) is 0 Å². The van der Waals surface area contributed by atoms with Crippen LogP contribution in [0.1, 0.15) is 39.2 Å². The molecule has 1 aliphatic heterocycles. The van der Waals surface area contributed by atoms with Crippen molar-refractivity contribution in [3.8, 4) is 5.75 Å². The van der Waals surface area contributed by atoms with Crippen LogP contribution in [0.4, 0.5) is 0 Å². The van der Waals surface area contributed by atoms with Crippen LogP contribution in [0.5, 0.6) is 5.75 Å². The maximum atomic E-state index is 12.9. The first kappa shape index (κ1) is 18.6. The number of imide groups is 1. The summed E-state index contributed by atoms with van der Waals surface area (Å²) in [6.45, 7) is 6.18. The Morgan fingerprint density at radius 1 is 1.03 bits per heavy atom. The predicted octanol–water partition coefficient (Wildman–Crippen LogP) is 3.33. The highest BCUT2D eigenvalue weighted by molar-refractivity contribution is 6.08. The summed E-state index contributed by atoms with van der Waals surface area (Å²) in [5, 5.41) is 0. The Kier molecular flexibility index (Phi) is 4.03. The van der Waals surface area contributed by atoms with Crippen LogP contribution in [-0.4, -0.2) is 29.2 Å². The zero-order valence-corrected chi connectivity index (χ0v) is 17.1. The Bertz CT molecular complexity index is 879. The van der Waals surface area contributed by atoms with Crippen LogP contribution in [0.2, 0.25) is 0 Å². The molecule has 152 valence electrons. The molecule has 1 saturated heterocycles. The van der Waals surface area contributed by atoms with Gasteiger partial charge in [-0.2, -0.15) is 0 Å². The summed E-state index contributed by atoms with van der Waals surface area (Å²) in [4.78, 5) is 39.5. The number of esters is 1. The number of rotatable bonds is 5. The molecule has 0 N–H and O–H groups in total. The van der Waals surface area contributed by atoms with Gasteiger partial charge in [0.1, 0.15) is 12.3 Å². The standard InChI is InChI=1S/C24H27NO4/c1-4-24(2,3)13-5-7-14(8-6-13)29-19(26)12-25-22(27)20-15-9-10-16(18-11-17(15)18)21(20)23(25)28/h5-10,15-18,20-21H,4,11-12H2,1-3H3/t15-,16-,17-,18+,20+,21-/m1/s1. The van der Waals surface area contributed by atoms with Crippen LogP contribution in [0, 0.1) is 35.5 Å². The van der Waals surface area contributed by atoms with Gasteiger partial charge >= 0.3 is 5.97 Å². The second kappa shape index (κ2) is 6.28. The molecule has 5 aliphatic rings. The lowest BCUT2D eigenvalue weighted by molar-refractivity contribution is -0.148. The number of carbonyl (C=O) groups excluding carboxylic acids is 3. The van der Waals surface area contributed by atoms with E-state index < -0.39 is 5.97 Å². The monoisotopic (exact) mass is 393 g/mol. The number of amides is 2. The number of carbonyl (C=O) groups is 3. The summed E-state index contributed by atoms with van der Waals surface area (Å²) in [5.74, 6) is 0.381. The van der Waals surface area contributed by atoms with E-state index in [0.29, 0.717) is 17.6 Å². The highest BCUT2D eigenvalue weighted by Gasteiger charge is 2.67. The lowest BCUT2D eigenvalue weighted by Gasteiger charge is -2.37. The van der Waals surface area contributed by atoms with Crippen molar-refractivity contribution in [3.05, 3.63) is 42.0 Å². The van der Waals surface area contributed by atoms with Gasteiger partial charge in [-0.3, -0.25) is 14.5 Å². The maximum absolute atomic E-state index is 12.9. The summed E-state index contributed by atoms with van der Waals surface area (Å²) >= 11 is 0. The molecule has 0 radical (unpaired) electrons. The van der Waals surface area contributed by atoms with E-state index in [1.165, 1.54) is 5.56 Å². The lowest BCUT2D eigenvalue weighted by atomic mass is 9.63. The van der Waals surface area contributed by atoms with Gasteiger partial charge in [0.15, 0.2) is 0 Å². The van der Waals surface area contributed by atoms with Gasteiger partial charge in [0.2, 0.25) is 11.8 Å². The van der Waals surface area contributed by atoms with Gasteiger partial charge in [-0.1, -0.05) is 45.1 Å². The van der Waals surface area contributed by atoms with E-state index in [9.17, 15) is 14.4 Å². The highest BCUT2D eigenvalue weighted by Crippen LogP contribution is 2.65. The Balaban J connectivity index is 1.26. The molecule has 6 rings (SSSR count). The van der Waals surface area contributed by atoms with Crippen molar-refractivity contribution in [1.82, 2.24) is 4.90 Å². The van der Waals surface area contributed by atoms with E-state index in [2.05, 4.69) is 32.9 Å². The fourth-order valence-corrected chi connectivity index (χ4v) is 5.65. The van der Waals surface area contributed by atoms with Gasteiger partial charge in [-0.05, 0) is 59.6 Å². The molecule has 3 fully saturated rings. The van der Waals surface area contributed by atoms with Crippen LogP contribution >= 0.6 is 0 Å². The molecule has 1 heterocycles. The van der Waals surface area contributed by atoms with Crippen LogP contribution < -0.4 is 4.74 Å². The molecule has 0 aromatic heterocycles. The average molecular weight is 393 g/mol. The molecule has 2 amide bonds. The Hall–Kier alpha value is -2.43. The lowest BCUT2D eigenvalue weighted by Crippen LogP contribution is -2.40. The van der Waals surface area contributed by atoms with Crippen molar-refractivity contribution in [3.63, 3.8) is 0 Å². The number of hydrogen-bond acceptors (Lipinski definition) is 4. The van der Waals surface area contributed by atoms with Crippen molar-refractivity contribution in [2.75, 3.05) is 6.54 Å². The van der Waals surface area contributed by atoms with E-state index in [1.54, 1.807) is 12.1 Å². The Morgan fingerprint density at radius 3 is 2.10 bits per heavy atom. The second-order valence-electron chi connectivity index (χ2n) is 9.65. The third-order valence-corrected chi connectivity index (χ3v) is 7.79. The number of benzene rings is 1. The van der Waals surface area contributed by atoms with Gasteiger partial charge in [0.25, 0.3) is 0 Å². The van der Waals surface area contributed by atoms with Crippen LogP contribution in [0.15, 0.2) is 36.4 Å². The minimum absolute atomic E-state index is 0.0569. The molecule has 5 heteroatoms. The first-order chi connectivity index (χ1) is 13.8. The quantitative estimate of drug-likeness (QED) is 0.333. The van der Waals surface area contributed by atoms with E-state index in [4.69, 9.17) is 4.74 Å². The van der Waals surface area contributed by atoms with Crippen molar-refractivity contribution >= 4 is 17.8 Å². The van der Waals surface area contributed by atoms with Gasteiger partial charge in [-0.15, -0.1) is 0 Å². The molecule has 2 saturated carbocycles. The molecule has 2 bridgehead atoms. The summed E-state index contributed by atoms with van der Waals surface area (Å²) in [6, 6.07) is 7.47. The fraction of sp³-hybridized carbons (Fsp3) is 0.542. The van der Waals surface area contributed by atoms with Crippen LogP contribution in [-0.2, 0) is 19.8 Å². The molecule has 6 atom stereocenters.